The van der Waals surface area contributed by atoms with Crippen molar-refractivity contribution in [1.82, 2.24) is 15.1 Å². The van der Waals surface area contributed by atoms with Crippen LogP contribution in [0.4, 0.5) is 0 Å². The third-order valence-corrected chi connectivity index (χ3v) is 4.52. The van der Waals surface area contributed by atoms with Crippen molar-refractivity contribution in [2.45, 2.75) is 58.4 Å². The van der Waals surface area contributed by atoms with Crippen LogP contribution in [-0.4, -0.2) is 66.3 Å². The monoisotopic (exact) mass is 340 g/mol. The van der Waals surface area contributed by atoms with Crippen LogP contribution in [0.15, 0.2) is 0 Å². The van der Waals surface area contributed by atoms with Gasteiger partial charge in [0.15, 0.2) is 0 Å². The summed E-state index contributed by atoms with van der Waals surface area (Å²) in [5.74, 6) is -0.0429. The zero-order chi connectivity index (χ0) is 17.9. The van der Waals surface area contributed by atoms with Crippen molar-refractivity contribution in [3.05, 3.63) is 0 Å². The van der Waals surface area contributed by atoms with E-state index in [1.54, 1.807) is 4.90 Å². The summed E-state index contributed by atoms with van der Waals surface area (Å²) in [5, 5.41) is 2.85. The average molecular weight is 340 g/mol. The van der Waals surface area contributed by atoms with E-state index in [1.807, 2.05) is 18.7 Å². The highest BCUT2D eigenvalue weighted by Crippen LogP contribution is 2.18. The van der Waals surface area contributed by atoms with Crippen LogP contribution in [0.25, 0.3) is 0 Å². The summed E-state index contributed by atoms with van der Waals surface area (Å²) in [5.41, 5.74) is 5.37. The van der Waals surface area contributed by atoms with Gasteiger partial charge in [-0.1, -0.05) is 0 Å². The van der Waals surface area contributed by atoms with E-state index in [0.717, 1.165) is 19.3 Å². The Morgan fingerprint density at radius 1 is 1.12 bits per heavy atom. The Labute approximate surface area is 144 Å². The molecule has 0 saturated carbocycles. The molecule has 0 aromatic heterocycles. The molecule has 0 spiro atoms. The van der Waals surface area contributed by atoms with Crippen molar-refractivity contribution in [3.63, 3.8) is 0 Å². The lowest BCUT2D eigenvalue weighted by atomic mass is 10.0. The molecule has 7 nitrogen and oxygen atoms in total. The van der Waals surface area contributed by atoms with Crippen molar-refractivity contribution in [3.8, 4) is 0 Å². The molecule has 0 aromatic carbocycles. The number of nitrogens with two attached hydrogens (primary N) is 1. The van der Waals surface area contributed by atoms with E-state index >= 15 is 0 Å². The van der Waals surface area contributed by atoms with E-state index in [4.69, 9.17) is 5.73 Å². The third kappa shape index (κ3) is 6.47. The quantitative estimate of drug-likeness (QED) is 0.638. The standard InChI is InChI=1S/C17H32N4O3/c1-3-20(4-2)16(23)8-9-17(24)21-12-6-5-7-14(21)13-19-15(22)10-11-18/h14H,3-13,18H2,1-2H3,(H,19,22). The first-order chi connectivity index (χ1) is 11.5. The molecule has 0 bridgehead atoms. The number of likely N-dealkylation sites (tertiary alicyclic amines) is 1. The summed E-state index contributed by atoms with van der Waals surface area (Å²) in [6.07, 6.45) is 3.71. The maximum absolute atomic E-state index is 12.5. The van der Waals surface area contributed by atoms with Crippen molar-refractivity contribution < 1.29 is 14.4 Å². The minimum atomic E-state index is -0.0767. The average Bonchev–Trinajstić information content (AvgIpc) is 2.59. The van der Waals surface area contributed by atoms with Crippen LogP contribution in [0.5, 0.6) is 0 Å². The maximum atomic E-state index is 12.5. The Morgan fingerprint density at radius 3 is 2.46 bits per heavy atom. The summed E-state index contributed by atoms with van der Waals surface area (Å²) >= 11 is 0. The van der Waals surface area contributed by atoms with Gasteiger partial charge in [0.1, 0.15) is 0 Å². The molecule has 1 rings (SSSR count). The summed E-state index contributed by atoms with van der Waals surface area (Å²) < 4.78 is 0. The molecule has 1 unspecified atom stereocenters. The van der Waals surface area contributed by atoms with Gasteiger partial charge in [0.05, 0.1) is 0 Å². The number of piperidine rings is 1. The van der Waals surface area contributed by atoms with Gasteiger partial charge in [-0.25, -0.2) is 0 Å². The lowest BCUT2D eigenvalue weighted by Gasteiger charge is -2.36. The highest BCUT2D eigenvalue weighted by atomic mass is 16.2. The first-order valence-electron chi connectivity index (χ1n) is 9.07. The number of nitrogens with zero attached hydrogens (tertiary/aromatic N) is 2. The number of nitrogens with one attached hydrogen (secondary N) is 1. The molecule has 7 heteroatoms. The molecular weight excluding hydrogens is 308 g/mol. The Kier molecular flexibility index (Phi) is 9.37. The normalized spacial score (nSPS) is 17.5. The molecule has 138 valence electrons. The molecule has 1 atom stereocenters. The fourth-order valence-corrected chi connectivity index (χ4v) is 3.08. The zero-order valence-corrected chi connectivity index (χ0v) is 15.1. The highest BCUT2D eigenvalue weighted by molar-refractivity contribution is 5.84. The number of amides is 3. The van der Waals surface area contributed by atoms with Crippen molar-refractivity contribution >= 4 is 17.7 Å². The minimum absolute atomic E-state index is 0.00767. The first-order valence-corrected chi connectivity index (χ1v) is 9.07. The van der Waals surface area contributed by atoms with E-state index in [9.17, 15) is 14.4 Å². The van der Waals surface area contributed by atoms with E-state index < -0.39 is 0 Å². The number of hydrogen-bond donors (Lipinski definition) is 2. The van der Waals surface area contributed by atoms with Crippen molar-refractivity contribution in [2.75, 3.05) is 32.7 Å². The molecule has 1 aliphatic rings. The molecule has 0 radical (unpaired) electrons. The molecule has 1 saturated heterocycles. The third-order valence-electron chi connectivity index (χ3n) is 4.52. The Bertz CT molecular complexity index is 424. The summed E-state index contributed by atoms with van der Waals surface area (Å²) in [7, 11) is 0. The topological polar surface area (TPSA) is 95.7 Å². The molecular formula is C17H32N4O3. The zero-order valence-electron chi connectivity index (χ0n) is 15.1. The van der Waals surface area contributed by atoms with Gasteiger partial charge in [-0.15, -0.1) is 0 Å². The molecule has 1 heterocycles. The van der Waals surface area contributed by atoms with Gasteiger partial charge in [-0.05, 0) is 33.1 Å². The van der Waals surface area contributed by atoms with Crippen LogP contribution < -0.4 is 11.1 Å². The number of hydrogen-bond acceptors (Lipinski definition) is 4. The smallest absolute Gasteiger partial charge is 0.223 e. The second kappa shape index (κ2) is 11.0. The summed E-state index contributed by atoms with van der Waals surface area (Å²) in [6.45, 7) is 6.71. The van der Waals surface area contributed by atoms with Gasteiger partial charge in [0.25, 0.3) is 0 Å². The van der Waals surface area contributed by atoms with Gasteiger partial charge < -0.3 is 20.9 Å². The lowest BCUT2D eigenvalue weighted by Crippen LogP contribution is -2.49. The van der Waals surface area contributed by atoms with Crippen LogP contribution >= 0.6 is 0 Å². The SMILES string of the molecule is CCN(CC)C(=O)CCC(=O)N1CCCCC1CNC(=O)CCN. The van der Waals surface area contributed by atoms with Crippen molar-refractivity contribution in [2.24, 2.45) is 5.73 Å². The summed E-state index contributed by atoms with van der Waals surface area (Å²) in [6, 6.07) is 0.0246. The molecule has 24 heavy (non-hydrogen) atoms. The highest BCUT2D eigenvalue weighted by Gasteiger charge is 2.27. The van der Waals surface area contributed by atoms with E-state index in [-0.39, 0.29) is 36.6 Å². The molecule has 3 amide bonds. The van der Waals surface area contributed by atoms with Crippen LogP contribution in [0.2, 0.25) is 0 Å². The van der Waals surface area contributed by atoms with Gasteiger partial charge in [0.2, 0.25) is 17.7 Å². The second-order valence-corrected chi connectivity index (χ2v) is 6.15. The molecule has 0 aliphatic carbocycles. The van der Waals surface area contributed by atoms with Crippen LogP contribution in [0, 0.1) is 0 Å². The van der Waals surface area contributed by atoms with Gasteiger partial charge in [0, 0.05) is 58.0 Å². The molecule has 0 aromatic rings. The second-order valence-electron chi connectivity index (χ2n) is 6.15. The summed E-state index contributed by atoms with van der Waals surface area (Å²) in [4.78, 5) is 39.7. The predicted molar refractivity (Wildman–Crippen MR) is 93.2 cm³/mol. The largest absolute Gasteiger partial charge is 0.354 e. The molecule has 1 fully saturated rings. The Hall–Kier alpha value is -1.63. The molecule has 1 aliphatic heterocycles. The maximum Gasteiger partial charge on any atom is 0.223 e. The Morgan fingerprint density at radius 2 is 1.83 bits per heavy atom. The van der Waals surface area contributed by atoms with Crippen LogP contribution in [0.3, 0.4) is 0 Å². The van der Waals surface area contributed by atoms with E-state index in [2.05, 4.69) is 5.32 Å². The number of carbonyl (C=O) groups excluding carboxylic acids is 3. The Balaban J connectivity index is 2.49. The fourth-order valence-electron chi connectivity index (χ4n) is 3.08. The lowest BCUT2D eigenvalue weighted by molar-refractivity contribution is -0.139. The minimum Gasteiger partial charge on any atom is -0.354 e. The molecule has 3 N–H and O–H groups in total. The van der Waals surface area contributed by atoms with Crippen LogP contribution in [-0.2, 0) is 14.4 Å². The fraction of sp³-hybridized carbons (Fsp3) is 0.824. The van der Waals surface area contributed by atoms with Crippen molar-refractivity contribution in [1.29, 1.82) is 0 Å². The van der Waals surface area contributed by atoms with Gasteiger partial charge >= 0.3 is 0 Å². The number of carbonyl (C=O) groups is 3. The van der Waals surface area contributed by atoms with Gasteiger partial charge in [-0.3, -0.25) is 14.4 Å². The van der Waals surface area contributed by atoms with E-state index in [1.165, 1.54) is 0 Å². The van der Waals surface area contributed by atoms with Gasteiger partial charge in [-0.2, -0.15) is 0 Å². The predicted octanol–water partition coefficient (Wildman–Crippen LogP) is 0.481. The first kappa shape index (κ1) is 20.4. The number of rotatable bonds is 9. The van der Waals surface area contributed by atoms with E-state index in [0.29, 0.717) is 39.1 Å². The van der Waals surface area contributed by atoms with Crippen LogP contribution in [0.1, 0.15) is 52.4 Å².